The van der Waals surface area contributed by atoms with E-state index in [1.54, 1.807) is 0 Å². The van der Waals surface area contributed by atoms with Crippen LogP contribution >= 0.6 is 0 Å². The second-order valence-electron chi connectivity index (χ2n) is 4.31. The zero-order chi connectivity index (χ0) is 12.8. The Labute approximate surface area is 108 Å². The number of hydrogen-bond donors (Lipinski definition) is 1. The molecule has 1 aromatic carbocycles. The van der Waals surface area contributed by atoms with Crippen molar-refractivity contribution in [3.05, 3.63) is 23.8 Å². The Morgan fingerprint density at radius 2 is 2.11 bits per heavy atom. The summed E-state index contributed by atoms with van der Waals surface area (Å²) in [5.74, 6) is 1.58. The van der Waals surface area contributed by atoms with Gasteiger partial charge in [0.15, 0.2) is 11.5 Å². The third-order valence-corrected chi connectivity index (χ3v) is 3.03. The van der Waals surface area contributed by atoms with Crippen LogP contribution in [0.25, 0.3) is 0 Å². The molecule has 0 aromatic heterocycles. The maximum absolute atomic E-state index is 6.08. The summed E-state index contributed by atoms with van der Waals surface area (Å²) >= 11 is 0. The van der Waals surface area contributed by atoms with E-state index in [2.05, 4.69) is 0 Å². The Balaban J connectivity index is 2.16. The number of rotatable bonds is 5. The first kappa shape index (κ1) is 13.2. The van der Waals surface area contributed by atoms with Crippen molar-refractivity contribution >= 4 is 0 Å². The summed E-state index contributed by atoms with van der Waals surface area (Å²) in [4.78, 5) is 0. The van der Waals surface area contributed by atoms with E-state index in [0.29, 0.717) is 13.2 Å². The molecule has 0 bridgehead atoms. The third kappa shape index (κ3) is 3.15. The maximum atomic E-state index is 6.08. The molecule has 0 saturated carbocycles. The molecule has 4 nitrogen and oxygen atoms in total. The highest BCUT2D eigenvalue weighted by Gasteiger charge is 2.19. The van der Waals surface area contributed by atoms with Crippen LogP contribution in [0.2, 0.25) is 0 Å². The monoisotopic (exact) mass is 251 g/mol. The van der Waals surface area contributed by atoms with E-state index in [4.69, 9.17) is 19.9 Å². The fourth-order valence-electron chi connectivity index (χ4n) is 2.09. The van der Waals surface area contributed by atoms with Crippen molar-refractivity contribution in [2.45, 2.75) is 32.4 Å². The molecule has 2 rings (SSSR count). The van der Waals surface area contributed by atoms with Crippen molar-refractivity contribution < 1.29 is 14.2 Å². The maximum Gasteiger partial charge on any atom is 0.166 e. The highest BCUT2D eigenvalue weighted by atomic mass is 16.5. The van der Waals surface area contributed by atoms with Crippen LogP contribution in [0.5, 0.6) is 11.5 Å². The summed E-state index contributed by atoms with van der Waals surface area (Å²) < 4.78 is 17.0. The number of benzene rings is 1. The number of hydrogen-bond acceptors (Lipinski definition) is 4. The van der Waals surface area contributed by atoms with Crippen LogP contribution in [-0.4, -0.2) is 25.9 Å². The van der Waals surface area contributed by atoms with Gasteiger partial charge >= 0.3 is 0 Å². The summed E-state index contributed by atoms with van der Waals surface area (Å²) in [6.45, 7) is 4.57. The average molecular weight is 251 g/mol. The van der Waals surface area contributed by atoms with Crippen molar-refractivity contribution in [1.29, 1.82) is 0 Å². The van der Waals surface area contributed by atoms with Crippen LogP contribution < -0.4 is 15.2 Å². The average Bonchev–Trinajstić information content (AvgIpc) is 2.42. The predicted molar refractivity (Wildman–Crippen MR) is 70.0 cm³/mol. The fraction of sp³-hybridized carbons (Fsp3) is 0.571. The molecular formula is C14H21NO3. The topological polar surface area (TPSA) is 53.7 Å². The number of para-hydroxylation sites is 1. The van der Waals surface area contributed by atoms with Crippen molar-refractivity contribution in [3.63, 3.8) is 0 Å². The largest absolute Gasteiger partial charge is 0.490 e. The summed E-state index contributed by atoms with van der Waals surface area (Å²) in [5, 5.41) is 0. The van der Waals surface area contributed by atoms with Crippen LogP contribution in [0.4, 0.5) is 0 Å². The lowest BCUT2D eigenvalue weighted by Gasteiger charge is -2.25. The van der Waals surface area contributed by atoms with Gasteiger partial charge in [0.2, 0.25) is 0 Å². The van der Waals surface area contributed by atoms with Crippen molar-refractivity contribution in [3.8, 4) is 11.5 Å². The zero-order valence-electron chi connectivity index (χ0n) is 10.9. The Hall–Kier alpha value is -1.26. The molecule has 2 N–H and O–H groups in total. The first-order chi connectivity index (χ1) is 8.85. The zero-order valence-corrected chi connectivity index (χ0v) is 10.9. The second kappa shape index (κ2) is 6.61. The van der Waals surface area contributed by atoms with E-state index in [1.165, 1.54) is 0 Å². The highest BCUT2D eigenvalue weighted by Crippen LogP contribution is 2.33. The van der Waals surface area contributed by atoms with E-state index in [0.717, 1.165) is 43.1 Å². The lowest BCUT2D eigenvalue weighted by Crippen LogP contribution is -2.26. The number of ether oxygens (including phenoxy) is 3. The van der Waals surface area contributed by atoms with Gasteiger partial charge in [0.1, 0.15) is 6.10 Å². The molecule has 0 radical (unpaired) electrons. The van der Waals surface area contributed by atoms with Crippen LogP contribution in [0.3, 0.4) is 0 Å². The van der Waals surface area contributed by atoms with Gasteiger partial charge in [-0.05, 0) is 13.0 Å². The third-order valence-electron chi connectivity index (χ3n) is 3.03. The summed E-state index contributed by atoms with van der Waals surface area (Å²) in [6, 6.07) is 5.86. The van der Waals surface area contributed by atoms with Gasteiger partial charge in [0.05, 0.1) is 19.8 Å². The Morgan fingerprint density at radius 3 is 2.78 bits per heavy atom. The normalized spacial score (nSPS) is 16.6. The molecule has 4 heteroatoms. The van der Waals surface area contributed by atoms with Gasteiger partial charge in [-0.2, -0.15) is 0 Å². The minimum Gasteiger partial charge on any atom is -0.490 e. The number of nitrogens with two attached hydrogens (primary N) is 1. The molecule has 100 valence electrons. The lowest BCUT2D eigenvalue weighted by atomic mass is 10.1. The quantitative estimate of drug-likeness (QED) is 0.870. The molecule has 0 unspecified atom stereocenters. The van der Waals surface area contributed by atoms with Gasteiger partial charge in [0.25, 0.3) is 0 Å². The molecular weight excluding hydrogens is 230 g/mol. The molecule has 1 aliphatic heterocycles. The molecule has 18 heavy (non-hydrogen) atoms. The van der Waals surface area contributed by atoms with Crippen molar-refractivity contribution in [2.24, 2.45) is 5.73 Å². The minimum absolute atomic E-state index is 0.200. The summed E-state index contributed by atoms with van der Waals surface area (Å²) in [5.41, 5.74) is 6.75. The second-order valence-corrected chi connectivity index (χ2v) is 4.31. The summed E-state index contributed by atoms with van der Waals surface area (Å²) in [6.07, 6.45) is 2.04. The molecule has 1 heterocycles. The van der Waals surface area contributed by atoms with Crippen molar-refractivity contribution in [2.75, 3.05) is 19.8 Å². The SMILES string of the molecule is CCOc1cccc(CN)c1OC1CCOCC1. The molecule has 1 aromatic rings. The van der Waals surface area contributed by atoms with Crippen LogP contribution in [0.1, 0.15) is 25.3 Å². The van der Waals surface area contributed by atoms with Gasteiger partial charge < -0.3 is 19.9 Å². The van der Waals surface area contributed by atoms with Crippen molar-refractivity contribution in [1.82, 2.24) is 0 Å². The Morgan fingerprint density at radius 1 is 1.33 bits per heavy atom. The lowest BCUT2D eigenvalue weighted by molar-refractivity contribution is 0.0239. The van der Waals surface area contributed by atoms with Gasteiger partial charge in [-0.15, -0.1) is 0 Å². The standard InChI is InChI=1S/C14H21NO3/c1-2-17-13-5-3-4-11(10-15)14(13)18-12-6-8-16-9-7-12/h3-5,12H,2,6-10,15H2,1H3. The first-order valence-corrected chi connectivity index (χ1v) is 6.54. The van der Waals surface area contributed by atoms with Gasteiger partial charge in [-0.3, -0.25) is 0 Å². The van der Waals surface area contributed by atoms with Crippen LogP contribution in [0.15, 0.2) is 18.2 Å². The highest BCUT2D eigenvalue weighted by molar-refractivity contribution is 5.46. The Kier molecular flexibility index (Phi) is 4.84. The van der Waals surface area contributed by atoms with E-state index >= 15 is 0 Å². The van der Waals surface area contributed by atoms with E-state index < -0.39 is 0 Å². The molecule has 1 aliphatic rings. The molecule has 1 saturated heterocycles. The smallest absolute Gasteiger partial charge is 0.166 e. The van der Waals surface area contributed by atoms with Crippen LogP contribution in [-0.2, 0) is 11.3 Å². The molecule has 0 aliphatic carbocycles. The molecule has 0 spiro atoms. The van der Waals surface area contributed by atoms with Crippen LogP contribution in [0, 0.1) is 0 Å². The molecule has 0 atom stereocenters. The Bertz CT molecular complexity index is 375. The first-order valence-electron chi connectivity index (χ1n) is 6.54. The van der Waals surface area contributed by atoms with Gasteiger partial charge in [-0.25, -0.2) is 0 Å². The van der Waals surface area contributed by atoms with E-state index in [-0.39, 0.29) is 6.10 Å². The molecule has 1 fully saturated rings. The predicted octanol–water partition coefficient (Wildman–Crippen LogP) is 2.10. The fourth-order valence-corrected chi connectivity index (χ4v) is 2.09. The van der Waals surface area contributed by atoms with E-state index in [9.17, 15) is 0 Å². The minimum atomic E-state index is 0.200. The molecule has 0 amide bonds. The van der Waals surface area contributed by atoms with Gasteiger partial charge in [-0.1, -0.05) is 12.1 Å². The summed E-state index contributed by atoms with van der Waals surface area (Å²) in [7, 11) is 0. The van der Waals surface area contributed by atoms with E-state index in [1.807, 2.05) is 25.1 Å². The van der Waals surface area contributed by atoms with Gasteiger partial charge in [0, 0.05) is 24.9 Å².